The van der Waals surface area contributed by atoms with Gasteiger partial charge >= 0.3 is 5.97 Å². The molecule has 0 saturated carbocycles. The molecule has 2 rings (SSSR count). The summed E-state index contributed by atoms with van der Waals surface area (Å²) in [6.07, 6.45) is 1.80. The number of benzene rings is 1. The number of carbonyl (C=O) groups excluding carboxylic acids is 1. The maximum Gasteiger partial charge on any atom is 0.303 e. The number of carboxylic acid groups (broad SMARTS) is 1. The van der Waals surface area contributed by atoms with E-state index in [2.05, 4.69) is 10.3 Å². The lowest BCUT2D eigenvalue weighted by molar-refractivity contribution is -0.139. The number of fused-ring (bicyclic) bond motifs is 1. The van der Waals surface area contributed by atoms with E-state index >= 15 is 0 Å². The molecule has 1 heterocycles. The van der Waals surface area contributed by atoms with E-state index in [-0.39, 0.29) is 18.7 Å². The zero-order chi connectivity index (χ0) is 15.5. The average Bonchev–Trinajstić information content (AvgIpc) is 2.36. The fourth-order valence-electron chi connectivity index (χ4n) is 2.31. The molecule has 1 aromatic carbocycles. The molecule has 0 saturated heterocycles. The maximum atomic E-state index is 12.1. The van der Waals surface area contributed by atoms with E-state index in [1.807, 2.05) is 30.3 Å². The first-order chi connectivity index (χ1) is 9.87. The van der Waals surface area contributed by atoms with Crippen molar-refractivity contribution >= 4 is 28.5 Å². The van der Waals surface area contributed by atoms with Gasteiger partial charge in [0, 0.05) is 18.0 Å². The van der Waals surface area contributed by atoms with Crippen LogP contribution in [0.1, 0.15) is 26.7 Å². The Morgan fingerprint density at radius 1 is 1.19 bits per heavy atom. The van der Waals surface area contributed by atoms with Gasteiger partial charge in [0.05, 0.1) is 17.6 Å². The van der Waals surface area contributed by atoms with Crippen molar-refractivity contribution in [3.05, 3.63) is 36.5 Å². The fraction of sp³-hybridized carbons (Fsp3) is 0.312. The number of nitrogens with zero attached hydrogens (tertiary/aromatic N) is 1. The second kappa shape index (κ2) is 5.91. The van der Waals surface area contributed by atoms with Gasteiger partial charge in [0.1, 0.15) is 0 Å². The molecule has 1 amide bonds. The summed E-state index contributed by atoms with van der Waals surface area (Å²) in [6.45, 7) is 3.54. The largest absolute Gasteiger partial charge is 0.481 e. The van der Waals surface area contributed by atoms with Crippen molar-refractivity contribution in [3.63, 3.8) is 0 Å². The predicted octanol–water partition coefficient (Wildman–Crippen LogP) is 3.06. The third-order valence-electron chi connectivity index (χ3n) is 3.19. The molecule has 0 radical (unpaired) electrons. The third-order valence-corrected chi connectivity index (χ3v) is 3.19. The van der Waals surface area contributed by atoms with Gasteiger partial charge in [-0.3, -0.25) is 14.6 Å². The minimum absolute atomic E-state index is 0.0441. The third kappa shape index (κ3) is 4.02. The number of hydrogen-bond acceptors (Lipinski definition) is 3. The molecule has 0 spiro atoms. The highest BCUT2D eigenvalue weighted by Crippen LogP contribution is 2.27. The van der Waals surface area contributed by atoms with Gasteiger partial charge in [-0.1, -0.05) is 19.9 Å². The summed E-state index contributed by atoms with van der Waals surface area (Å²) < 4.78 is 0. The Balaban J connectivity index is 2.13. The van der Waals surface area contributed by atoms with E-state index in [9.17, 15) is 9.59 Å². The average molecular weight is 286 g/mol. The van der Waals surface area contributed by atoms with E-state index < -0.39 is 11.4 Å². The van der Waals surface area contributed by atoms with Gasteiger partial charge in [-0.25, -0.2) is 0 Å². The molecule has 1 aromatic heterocycles. The highest BCUT2D eigenvalue weighted by molar-refractivity contribution is 6.01. The van der Waals surface area contributed by atoms with Crippen molar-refractivity contribution in [3.8, 4) is 0 Å². The minimum Gasteiger partial charge on any atom is -0.481 e. The first kappa shape index (κ1) is 15.0. The quantitative estimate of drug-likeness (QED) is 0.885. The Hall–Kier alpha value is -2.43. The summed E-state index contributed by atoms with van der Waals surface area (Å²) in [5.41, 5.74) is 0.912. The van der Waals surface area contributed by atoms with Gasteiger partial charge in [-0.05, 0) is 29.7 Å². The number of hydrogen-bond donors (Lipinski definition) is 2. The van der Waals surface area contributed by atoms with Crippen molar-refractivity contribution in [1.29, 1.82) is 0 Å². The second-order valence-corrected chi connectivity index (χ2v) is 5.84. The fourth-order valence-corrected chi connectivity index (χ4v) is 2.31. The van der Waals surface area contributed by atoms with Crippen LogP contribution in [0.15, 0.2) is 36.5 Å². The van der Waals surface area contributed by atoms with Crippen LogP contribution in [0.5, 0.6) is 0 Å². The van der Waals surface area contributed by atoms with Gasteiger partial charge in [-0.2, -0.15) is 0 Å². The van der Waals surface area contributed by atoms with Crippen LogP contribution in [0, 0.1) is 5.41 Å². The zero-order valence-corrected chi connectivity index (χ0v) is 12.1. The molecule has 5 heteroatoms. The molecular weight excluding hydrogens is 268 g/mol. The van der Waals surface area contributed by atoms with Crippen molar-refractivity contribution < 1.29 is 14.7 Å². The first-order valence-electron chi connectivity index (χ1n) is 6.73. The summed E-state index contributed by atoms with van der Waals surface area (Å²) in [5.74, 6) is -1.10. The highest BCUT2D eigenvalue weighted by atomic mass is 16.4. The number of anilines is 1. The number of rotatable bonds is 5. The summed E-state index contributed by atoms with van der Waals surface area (Å²) in [4.78, 5) is 27.2. The molecule has 21 heavy (non-hydrogen) atoms. The predicted molar refractivity (Wildman–Crippen MR) is 81.0 cm³/mol. The molecule has 2 aromatic rings. The van der Waals surface area contributed by atoms with Gasteiger partial charge in [-0.15, -0.1) is 0 Å². The van der Waals surface area contributed by atoms with Crippen molar-refractivity contribution in [2.24, 2.45) is 5.41 Å². The maximum absolute atomic E-state index is 12.1. The smallest absolute Gasteiger partial charge is 0.303 e. The number of pyridine rings is 1. The topological polar surface area (TPSA) is 79.3 Å². The van der Waals surface area contributed by atoms with Crippen molar-refractivity contribution in [2.75, 3.05) is 5.32 Å². The summed E-state index contributed by atoms with van der Waals surface area (Å²) in [6, 6.07) is 9.21. The van der Waals surface area contributed by atoms with Crippen LogP contribution < -0.4 is 5.32 Å². The second-order valence-electron chi connectivity index (χ2n) is 5.84. The Labute approximate surface area is 123 Å². The van der Waals surface area contributed by atoms with E-state index in [4.69, 9.17) is 5.11 Å². The van der Waals surface area contributed by atoms with E-state index in [1.54, 1.807) is 20.0 Å². The molecular formula is C16H18N2O3. The Kier molecular flexibility index (Phi) is 4.21. The monoisotopic (exact) mass is 286 g/mol. The van der Waals surface area contributed by atoms with Gasteiger partial charge in [0.15, 0.2) is 0 Å². The Morgan fingerprint density at radius 2 is 1.95 bits per heavy atom. The molecule has 0 aliphatic rings. The standard InChI is InChI=1S/C16H18N2O3/c1-16(2,10-15(20)21)9-14(19)18-13-7-3-6-12-11(13)5-4-8-17-12/h3-8H,9-10H2,1-2H3,(H,18,19)(H,20,21). The molecule has 5 nitrogen and oxygen atoms in total. The number of carboxylic acids is 1. The molecule has 0 aliphatic carbocycles. The lowest BCUT2D eigenvalue weighted by Gasteiger charge is -2.21. The van der Waals surface area contributed by atoms with E-state index in [1.165, 1.54) is 0 Å². The highest BCUT2D eigenvalue weighted by Gasteiger charge is 2.25. The lowest BCUT2D eigenvalue weighted by atomic mass is 9.85. The van der Waals surface area contributed by atoms with Crippen LogP contribution in [0.25, 0.3) is 10.9 Å². The Morgan fingerprint density at radius 3 is 2.67 bits per heavy atom. The number of aliphatic carboxylic acids is 1. The first-order valence-corrected chi connectivity index (χ1v) is 6.73. The van der Waals surface area contributed by atoms with Crippen molar-refractivity contribution in [2.45, 2.75) is 26.7 Å². The Bertz CT molecular complexity index is 675. The summed E-state index contributed by atoms with van der Waals surface area (Å²) >= 11 is 0. The van der Waals surface area contributed by atoms with E-state index in [0.717, 1.165) is 10.9 Å². The SMILES string of the molecule is CC(C)(CC(=O)O)CC(=O)Nc1cccc2ncccc12. The lowest BCUT2D eigenvalue weighted by Crippen LogP contribution is -2.24. The number of carbonyl (C=O) groups is 2. The van der Waals surface area contributed by atoms with Crippen LogP contribution in [0.4, 0.5) is 5.69 Å². The molecule has 0 fully saturated rings. The summed E-state index contributed by atoms with van der Waals surface area (Å²) in [7, 11) is 0. The van der Waals surface area contributed by atoms with Gasteiger partial charge in [0.2, 0.25) is 5.91 Å². The zero-order valence-electron chi connectivity index (χ0n) is 12.1. The molecule has 0 bridgehead atoms. The molecule has 0 unspecified atom stereocenters. The number of nitrogens with one attached hydrogen (secondary N) is 1. The molecule has 2 N–H and O–H groups in total. The number of amides is 1. The normalized spacial score (nSPS) is 11.3. The van der Waals surface area contributed by atoms with Crippen LogP contribution >= 0.6 is 0 Å². The van der Waals surface area contributed by atoms with Crippen LogP contribution in [-0.2, 0) is 9.59 Å². The molecule has 0 aliphatic heterocycles. The van der Waals surface area contributed by atoms with Crippen LogP contribution in [0.3, 0.4) is 0 Å². The van der Waals surface area contributed by atoms with Crippen LogP contribution in [-0.4, -0.2) is 22.0 Å². The molecule has 0 atom stereocenters. The van der Waals surface area contributed by atoms with Crippen molar-refractivity contribution in [1.82, 2.24) is 4.98 Å². The minimum atomic E-state index is -0.901. The number of aromatic nitrogens is 1. The van der Waals surface area contributed by atoms with E-state index in [0.29, 0.717) is 5.69 Å². The molecule has 110 valence electrons. The summed E-state index contributed by atoms with van der Waals surface area (Å²) in [5, 5.41) is 12.6. The van der Waals surface area contributed by atoms with Gasteiger partial charge in [0.25, 0.3) is 0 Å². The van der Waals surface area contributed by atoms with Gasteiger partial charge < -0.3 is 10.4 Å². The van der Waals surface area contributed by atoms with Crippen LogP contribution in [0.2, 0.25) is 0 Å².